The molecule has 1 radical (unpaired) electrons. The minimum atomic E-state index is 0.165. The van der Waals surface area contributed by atoms with Crippen LogP contribution in [0.1, 0.15) is 13.3 Å². The molecule has 10 heavy (non-hydrogen) atoms. The molecule has 0 aromatic heterocycles. The molecule has 1 rings (SSSR count). The molecule has 0 aliphatic carbocycles. The van der Waals surface area contributed by atoms with Gasteiger partial charge in [-0.15, -0.1) is 0 Å². The zero-order valence-electron chi connectivity index (χ0n) is 6.63. The molecule has 0 saturated carbocycles. The van der Waals surface area contributed by atoms with Crippen molar-refractivity contribution in [3.8, 4) is 0 Å². The van der Waals surface area contributed by atoms with Crippen LogP contribution in [0, 0.1) is 0 Å². The molecule has 0 spiro atoms. The van der Waals surface area contributed by atoms with Crippen molar-refractivity contribution in [3.05, 3.63) is 0 Å². The van der Waals surface area contributed by atoms with Crippen LogP contribution in [0.25, 0.3) is 0 Å². The van der Waals surface area contributed by atoms with Gasteiger partial charge in [0.25, 0.3) is 0 Å². The molecule has 1 aliphatic heterocycles. The Hall–Kier alpha value is -0.120. The minimum Gasteiger partial charge on any atom is -0.367 e. The van der Waals surface area contributed by atoms with Crippen LogP contribution >= 0.6 is 0 Å². The van der Waals surface area contributed by atoms with Crippen molar-refractivity contribution < 1.29 is 4.74 Å². The highest BCUT2D eigenvalue weighted by Crippen LogP contribution is 1.99. The second-order valence-electron chi connectivity index (χ2n) is 2.66. The lowest BCUT2D eigenvalue weighted by molar-refractivity contribution is 0.0803. The van der Waals surface area contributed by atoms with E-state index >= 15 is 0 Å². The largest absolute Gasteiger partial charge is 0.367 e. The predicted molar refractivity (Wildman–Crippen MR) is 39.9 cm³/mol. The summed E-state index contributed by atoms with van der Waals surface area (Å²) in [4.78, 5) is 0. The van der Waals surface area contributed by atoms with E-state index in [4.69, 9.17) is 4.74 Å². The van der Waals surface area contributed by atoms with E-state index in [1.165, 1.54) is 0 Å². The number of nitrogens with one attached hydrogen (secondary N) is 1. The molecule has 2 unspecified atom stereocenters. The van der Waals surface area contributed by atoms with E-state index < -0.39 is 0 Å². The Morgan fingerprint density at radius 2 is 2.50 bits per heavy atom. The predicted octanol–water partition coefficient (Wildman–Crippen LogP) is -0.0549. The van der Waals surface area contributed by atoms with Crippen molar-refractivity contribution in [1.82, 2.24) is 10.6 Å². The van der Waals surface area contributed by atoms with Crippen molar-refractivity contribution in [1.29, 1.82) is 0 Å². The van der Waals surface area contributed by atoms with Gasteiger partial charge in [-0.3, -0.25) is 5.32 Å². The standard InChI is InChI=1S/C7H15N2O/c1-6(10-2)9-7-3-4-8-5-7/h6-7,9H,3-5H2,1-2H3. The first-order valence-corrected chi connectivity index (χ1v) is 3.75. The van der Waals surface area contributed by atoms with Crippen LogP contribution < -0.4 is 10.6 Å². The Bertz CT molecular complexity index is 91.6. The van der Waals surface area contributed by atoms with Crippen LogP contribution in [0.2, 0.25) is 0 Å². The third kappa shape index (κ3) is 2.25. The highest BCUT2D eigenvalue weighted by atomic mass is 16.5. The average Bonchev–Trinajstić information content (AvgIpc) is 2.40. The Morgan fingerprint density at radius 3 is 3.00 bits per heavy atom. The molecule has 2 atom stereocenters. The molecule has 0 aromatic carbocycles. The van der Waals surface area contributed by atoms with Crippen molar-refractivity contribution in [2.75, 3.05) is 20.2 Å². The van der Waals surface area contributed by atoms with Crippen LogP contribution in [0.15, 0.2) is 0 Å². The van der Waals surface area contributed by atoms with Gasteiger partial charge in [-0.2, -0.15) is 0 Å². The molecule has 0 amide bonds. The van der Waals surface area contributed by atoms with Gasteiger partial charge in [-0.1, -0.05) is 0 Å². The maximum Gasteiger partial charge on any atom is 0.105 e. The van der Waals surface area contributed by atoms with E-state index in [-0.39, 0.29) is 6.23 Å². The van der Waals surface area contributed by atoms with Gasteiger partial charge in [-0.05, 0) is 13.3 Å². The lowest BCUT2D eigenvalue weighted by atomic mass is 10.2. The summed E-state index contributed by atoms with van der Waals surface area (Å²) in [6.07, 6.45) is 1.33. The second-order valence-corrected chi connectivity index (χ2v) is 2.66. The quantitative estimate of drug-likeness (QED) is 0.562. The lowest BCUT2D eigenvalue weighted by Crippen LogP contribution is -2.38. The molecule has 0 aromatic rings. The van der Waals surface area contributed by atoms with Gasteiger partial charge in [0.1, 0.15) is 6.23 Å². The molecular formula is C7H15N2O. The topological polar surface area (TPSA) is 35.4 Å². The van der Waals surface area contributed by atoms with Gasteiger partial charge < -0.3 is 4.74 Å². The Kier molecular flexibility index (Phi) is 3.12. The molecule has 1 fully saturated rings. The van der Waals surface area contributed by atoms with Gasteiger partial charge >= 0.3 is 0 Å². The molecule has 1 N–H and O–H groups in total. The van der Waals surface area contributed by atoms with Crippen LogP contribution in [0.5, 0.6) is 0 Å². The number of hydrogen-bond donors (Lipinski definition) is 1. The van der Waals surface area contributed by atoms with Gasteiger partial charge in [0, 0.05) is 26.2 Å². The van der Waals surface area contributed by atoms with Gasteiger partial charge in [0.15, 0.2) is 0 Å². The van der Waals surface area contributed by atoms with E-state index in [1.54, 1.807) is 7.11 Å². The first-order valence-electron chi connectivity index (χ1n) is 3.75. The summed E-state index contributed by atoms with van der Waals surface area (Å²) in [5, 5.41) is 7.55. The van der Waals surface area contributed by atoms with Gasteiger partial charge in [0.2, 0.25) is 0 Å². The zero-order valence-corrected chi connectivity index (χ0v) is 6.63. The minimum absolute atomic E-state index is 0.165. The first kappa shape index (κ1) is 7.98. The molecule has 59 valence electrons. The highest BCUT2D eigenvalue weighted by Gasteiger charge is 2.16. The molecule has 1 saturated heterocycles. The fourth-order valence-electron chi connectivity index (χ4n) is 1.12. The van der Waals surface area contributed by atoms with Crippen LogP contribution in [0.4, 0.5) is 0 Å². The third-order valence-corrected chi connectivity index (χ3v) is 1.81. The molecular weight excluding hydrogens is 128 g/mol. The van der Waals surface area contributed by atoms with Crippen molar-refractivity contribution in [3.63, 3.8) is 0 Å². The van der Waals surface area contributed by atoms with Crippen LogP contribution in [0.3, 0.4) is 0 Å². The van der Waals surface area contributed by atoms with Crippen molar-refractivity contribution in [2.24, 2.45) is 0 Å². The average molecular weight is 143 g/mol. The summed E-state index contributed by atoms with van der Waals surface area (Å²) >= 11 is 0. The number of rotatable bonds is 3. The number of methoxy groups -OCH3 is 1. The highest BCUT2D eigenvalue weighted by molar-refractivity contribution is 4.77. The first-order chi connectivity index (χ1) is 4.83. The summed E-state index contributed by atoms with van der Waals surface area (Å²) < 4.78 is 5.06. The maximum atomic E-state index is 5.06. The molecule has 0 bridgehead atoms. The smallest absolute Gasteiger partial charge is 0.105 e. The fourth-order valence-corrected chi connectivity index (χ4v) is 1.12. The SMILES string of the molecule is COC(C)NC1CC[N]C1. The van der Waals surface area contributed by atoms with E-state index in [0.717, 1.165) is 19.5 Å². The number of nitrogens with zero attached hydrogens (tertiary/aromatic N) is 1. The van der Waals surface area contributed by atoms with E-state index in [0.29, 0.717) is 6.04 Å². The van der Waals surface area contributed by atoms with Crippen molar-refractivity contribution >= 4 is 0 Å². The van der Waals surface area contributed by atoms with Crippen molar-refractivity contribution in [2.45, 2.75) is 25.6 Å². The molecule has 3 heteroatoms. The van der Waals surface area contributed by atoms with Crippen LogP contribution in [-0.2, 0) is 4.74 Å². The number of hydrogen-bond acceptors (Lipinski definition) is 2. The Balaban J connectivity index is 2.11. The second kappa shape index (κ2) is 3.91. The normalized spacial score (nSPS) is 28.8. The summed E-state index contributed by atoms with van der Waals surface area (Å²) in [6.45, 7) is 3.97. The monoisotopic (exact) mass is 143 g/mol. The summed E-state index contributed by atoms with van der Waals surface area (Å²) in [7, 11) is 1.71. The summed E-state index contributed by atoms with van der Waals surface area (Å²) in [5.41, 5.74) is 0. The molecule has 1 heterocycles. The fraction of sp³-hybridized carbons (Fsp3) is 1.00. The van der Waals surface area contributed by atoms with Crippen LogP contribution in [-0.4, -0.2) is 32.5 Å². The summed E-state index contributed by atoms with van der Waals surface area (Å²) in [5.74, 6) is 0. The maximum absolute atomic E-state index is 5.06. The Labute approximate surface area is 62.1 Å². The van der Waals surface area contributed by atoms with Gasteiger partial charge in [-0.25, -0.2) is 5.32 Å². The molecule has 3 nitrogen and oxygen atoms in total. The lowest BCUT2D eigenvalue weighted by Gasteiger charge is -2.16. The van der Waals surface area contributed by atoms with E-state index in [9.17, 15) is 0 Å². The van der Waals surface area contributed by atoms with Gasteiger partial charge in [0.05, 0.1) is 0 Å². The zero-order chi connectivity index (χ0) is 7.40. The third-order valence-electron chi connectivity index (χ3n) is 1.81. The summed E-state index contributed by atoms with van der Waals surface area (Å²) in [6, 6.07) is 0.551. The molecule has 1 aliphatic rings. The van der Waals surface area contributed by atoms with E-state index in [2.05, 4.69) is 10.6 Å². The number of ether oxygens (including phenoxy) is 1. The Morgan fingerprint density at radius 1 is 1.70 bits per heavy atom. The van der Waals surface area contributed by atoms with E-state index in [1.807, 2.05) is 6.92 Å².